The molecule has 0 atom stereocenters. The second-order valence-corrected chi connectivity index (χ2v) is 4.91. The van der Waals surface area contributed by atoms with E-state index < -0.39 is 17.4 Å². The van der Waals surface area contributed by atoms with Gasteiger partial charge >= 0.3 is 5.97 Å². The number of carboxylic acid groups (broad SMARTS) is 1. The van der Waals surface area contributed by atoms with Crippen LogP contribution in [0.2, 0.25) is 5.02 Å². The number of carboxylic acids is 1. The van der Waals surface area contributed by atoms with Crippen LogP contribution in [-0.2, 0) is 4.79 Å². The highest BCUT2D eigenvalue weighted by Crippen LogP contribution is 2.32. The molecule has 18 heavy (non-hydrogen) atoms. The highest BCUT2D eigenvalue weighted by atomic mass is 35.5. The van der Waals surface area contributed by atoms with E-state index >= 15 is 0 Å². The Labute approximate surface area is 109 Å². The van der Waals surface area contributed by atoms with Crippen LogP contribution in [0.4, 0.5) is 0 Å². The lowest BCUT2D eigenvalue weighted by molar-refractivity contribution is -0.148. The van der Waals surface area contributed by atoms with E-state index in [4.69, 9.17) is 16.7 Å². The first-order valence-corrected chi connectivity index (χ1v) is 6.00. The summed E-state index contributed by atoms with van der Waals surface area (Å²) >= 11 is 5.95. The second kappa shape index (κ2) is 4.57. The number of aryl methyl sites for hydroxylation is 1. The molecule has 1 fully saturated rings. The number of aromatic nitrogens is 1. The predicted molar refractivity (Wildman–Crippen MR) is 65.7 cm³/mol. The lowest BCUT2D eigenvalue weighted by Gasteiger charge is -2.38. The van der Waals surface area contributed by atoms with Crippen LogP contribution in [0.25, 0.3) is 0 Å². The quantitative estimate of drug-likeness (QED) is 0.876. The molecule has 1 aliphatic rings. The molecular weight excluding hydrogens is 256 g/mol. The van der Waals surface area contributed by atoms with Gasteiger partial charge in [-0.25, -0.2) is 4.79 Å². The fourth-order valence-electron chi connectivity index (χ4n) is 1.90. The molecule has 0 saturated heterocycles. The Morgan fingerprint density at radius 1 is 1.50 bits per heavy atom. The zero-order valence-corrected chi connectivity index (χ0v) is 10.6. The smallest absolute Gasteiger partial charge is 0.329 e. The standard InChI is InChI=1S/C12H13ClN2O3/c1-7-5-9(13)8(6-14-7)10(16)15-12(11(17)18)3-2-4-12/h5-6H,2-4H2,1H3,(H,15,16)(H,17,18). The van der Waals surface area contributed by atoms with E-state index in [2.05, 4.69) is 10.3 Å². The number of aliphatic carboxylic acids is 1. The molecule has 96 valence electrons. The van der Waals surface area contributed by atoms with Crippen molar-refractivity contribution in [1.82, 2.24) is 10.3 Å². The summed E-state index contributed by atoms with van der Waals surface area (Å²) in [6.07, 6.45) is 3.06. The summed E-state index contributed by atoms with van der Waals surface area (Å²) in [6, 6.07) is 1.57. The van der Waals surface area contributed by atoms with Crippen molar-refractivity contribution >= 4 is 23.5 Å². The molecule has 5 nitrogen and oxygen atoms in total. The van der Waals surface area contributed by atoms with E-state index in [1.807, 2.05) is 0 Å². The molecule has 2 N–H and O–H groups in total. The molecule has 0 bridgehead atoms. The van der Waals surface area contributed by atoms with Crippen LogP contribution in [0.3, 0.4) is 0 Å². The summed E-state index contributed by atoms with van der Waals surface area (Å²) in [5, 5.41) is 12.0. The third-order valence-electron chi connectivity index (χ3n) is 3.20. The average molecular weight is 269 g/mol. The number of hydrogen-bond acceptors (Lipinski definition) is 3. The summed E-state index contributed by atoms with van der Waals surface area (Å²) < 4.78 is 0. The van der Waals surface area contributed by atoms with Crippen LogP contribution >= 0.6 is 11.6 Å². The SMILES string of the molecule is Cc1cc(Cl)c(C(=O)NC2(C(=O)O)CCC2)cn1. The Hall–Kier alpha value is -1.62. The van der Waals surface area contributed by atoms with Crippen molar-refractivity contribution in [2.45, 2.75) is 31.7 Å². The molecule has 1 aromatic heterocycles. The van der Waals surface area contributed by atoms with E-state index in [-0.39, 0.29) is 10.6 Å². The van der Waals surface area contributed by atoms with Crippen LogP contribution in [0.5, 0.6) is 0 Å². The molecule has 0 unspecified atom stereocenters. The molecule has 1 saturated carbocycles. The molecule has 1 aromatic rings. The van der Waals surface area contributed by atoms with Crippen molar-refractivity contribution < 1.29 is 14.7 Å². The number of nitrogens with zero attached hydrogens (tertiary/aromatic N) is 1. The summed E-state index contributed by atoms with van der Waals surface area (Å²) in [7, 11) is 0. The minimum atomic E-state index is -1.13. The van der Waals surface area contributed by atoms with Crippen molar-refractivity contribution in [3.8, 4) is 0 Å². The van der Waals surface area contributed by atoms with Gasteiger partial charge in [0.1, 0.15) is 5.54 Å². The van der Waals surface area contributed by atoms with E-state index in [1.54, 1.807) is 13.0 Å². The van der Waals surface area contributed by atoms with E-state index in [0.717, 1.165) is 6.42 Å². The van der Waals surface area contributed by atoms with Crippen molar-refractivity contribution in [3.05, 3.63) is 28.5 Å². The Morgan fingerprint density at radius 3 is 2.61 bits per heavy atom. The maximum Gasteiger partial charge on any atom is 0.329 e. The number of hydrogen-bond donors (Lipinski definition) is 2. The summed E-state index contributed by atoms with van der Waals surface area (Å²) in [4.78, 5) is 27.1. The molecule has 1 aliphatic carbocycles. The molecule has 0 radical (unpaired) electrons. The molecule has 0 aromatic carbocycles. The monoisotopic (exact) mass is 268 g/mol. The van der Waals surface area contributed by atoms with Gasteiger partial charge in [0.05, 0.1) is 10.6 Å². The third kappa shape index (κ3) is 2.18. The zero-order valence-electron chi connectivity index (χ0n) is 9.86. The Balaban J connectivity index is 2.19. The van der Waals surface area contributed by atoms with Crippen molar-refractivity contribution in [3.63, 3.8) is 0 Å². The number of carbonyl (C=O) groups is 2. The van der Waals surface area contributed by atoms with Crippen LogP contribution < -0.4 is 5.32 Å². The second-order valence-electron chi connectivity index (χ2n) is 4.50. The van der Waals surface area contributed by atoms with Gasteiger partial charge in [0, 0.05) is 11.9 Å². The van der Waals surface area contributed by atoms with Gasteiger partial charge < -0.3 is 10.4 Å². The molecule has 1 heterocycles. The van der Waals surface area contributed by atoms with Crippen LogP contribution in [0.1, 0.15) is 35.3 Å². The minimum absolute atomic E-state index is 0.204. The molecule has 6 heteroatoms. The Morgan fingerprint density at radius 2 is 2.17 bits per heavy atom. The fourth-order valence-corrected chi connectivity index (χ4v) is 2.19. The predicted octanol–water partition coefficient (Wildman–Crippen LogP) is 1.78. The number of nitrogens with one attached hydrogen (secondary N) is 1. The number of halogens is 1. The molecule has 0 aliphatic heterocycles. The van der Waals surface area contributed by atoms with Crippen LogP contribution in [-0.4, -0.2) is 27.5 Å². The van der Waals surface area contributed by atoms with Gasteiger partial charge in [0.15, 0.2) is 0 Å². The summed E-state index contributed by atoms with van der Waals surface area (Å²) in [6.45, 7) is 1.76. The summed E-state index contributed by atoms with van der Waals surface area (Å²) in [5.74, 6) is -1.49. The van der Waals surface area contributed by atoms with Crippen LogP contribution in [0.15, 0.2) is 12.3 Å². The number of rotatable bonds is 3. The van der Waals surface area contributed by atoms with Gasteiger partial charge in [-0.3, -0.25) is 9.78 Å². The first-order valence-electron chi connectivity index (χ1n) is 5.63. The normalized spacial score (nSPS) is 16.8. The summed E-state index contributed by atoms with van der Waals surface area (Å²) in [5.41, 5.74) is -0.228. The lowest BCUT2D eigenvalue weighted by Crippen LogP contribution is -2.59. The van der Waals surface area contributed by atoms with Gasteiger partial charge in [-0.2, -0.15) is 0 Å². The van der Waals surface area contributed by atoms with Gasteiger partial charge in [-0.1, -0.05) is 11.6 Å². The first kappa shape index (κ1) is 12.8. The molecule has 2 rings (SSSR count). The maximum atomic E-state index is 12.0. The van der Waals surface area contributed by atoms with E-state index in [1.165, 1.54) is 6.20 Å². The molecular formula is C12H13ClN2O3. The lowest BCUT2D eigenvalue weighted by atomic mass is 9.76. The number of pyridine rings is 1. The topological polar surface area (TPSA) is 79.3 Å². The average Bonchev–Trinajstić information content (AvgIpc) is 2.22. The van der Waals surface area contributed by atoms with Crippen molar-refractivity contribution in [1.29, 1.82) is 0 Å². The minimum Gasteiger partial charge on any atom is -0.480 e. The maximum absolute atomic E-state index is 12.0. The highest BCUT2D eigenvalue weighted by molar-refractivity contribution is 6.33. The van der Waals surface area contributed by atoms with Crippen LogP contribution in [0, 0.1) is 6.92 Å². The zero-order chi connectivity index (χ0) is 13.3. The Bertz CT molecular complexity index is 512. The first-order chi connectivity index (χ1) is 8.44. The van der Waals surface area contributed by atoms with Gasteiger partial charge in [0.2, 0.25) is 0 Å². The van der Waals surface area contributed by atoms with E-state index in [0.29, 0.717) is 18.5 Å². The molecule has 0 spiro atoms. The number of carbonyl (C=O) groups excluding carboxylic acids is 1. The van der Waals surface area contributed by atoms with Crippen molar-refractivity contribution in [2.75, 3.05) is 0 Å². The fraction of sp³-hybridized carbons (Fsp3) is 0.417. The van der Waals surface area contributed by atoms with Gasteiger partial charge in [-0.05, 0) is 32.3 Å². The number of amides is 1. The van der Waals surface area contributed by atoms with Crippen molar-refractivity contribution in [2.24, 2.45) is 0 Å². The van der Waals surface area contributed by atoms with Gasteiger partial charge in [0.25, 0.3) is 5.91 Å². The Kier molecular flexibility index (Phi) is 3.26. The van der Waals surface area contributed by atoms with E-state index in [9.17, 15) is 9.59 Å². The largest absolute Gasteiger partial charge is 0.480 e. The van der Waals surface area contributed by atoms with Gasteiger partial charge in [-0.15, -0.1) is 0 Å². The molecule has 1 amide bonds. The highest BCUT2D eigenvalue weighted by Gasteiger charge is 2.45. The third-order valence-corrected chi connectivity index (χ3v) is 3.52.